The van der Waals surface area contributed by atoms with Crippen LogP contribution in [0.15, 0.2) is 23.3 Å². The lowest BCUT2D eigenvalue weighted by molar-refractivity contribution is -0.233. The third-order valence-corrected chi connectivity index (χ3v) is 15.4. The van der Waals surface area contributed by atoms with Crippen LogP contribution in [0, 0.1) is 34.0 Å². The highest BCUT2D eigenvalue weighted by Gasteiger charge is 2.74. The van der Waals surface area contributed by atoms with Crippen molar-refractivity contribution < 1.29 is 34.4 Å². The van der Waals surface area contributed by atoms with E-state index in [4.69, 9.17) is 47.4 Å². The highest BCUT2D eigenvalue weighted by Crippen LogP contribution is 2.74. The predicted octanol–water partition coefficient (Wildman–Crippen LogP) is 5.13. The van der Waals surface area contributed by atoms with Gasteiger partial charge in [0.05, 0.1) is 29.0 Å². The van der Waals surface area contributed by atoms with Crippen LogP contribution < -0.4 is 0 Å². The minimum absolute atomic E-state index is 0.0793. The lowest BCUT2D eigenvalue weighted by Crippen LogP contribution is -2.74. The van der Waals surface area contributed by atoms with E-state index in [1.165, 1.54) is 6.92 Å². The first-order valence-electron chi connectivity index (χ1n) is 16.1. The Morgan fingerprint density at radius 3 is 2.20 bits per heavy atom. The van der Waals surface area contributed by atoms with Crippen LogP contribution in [0.5, 0.6) is 0 Å². The number of fused-ring (bicyclic) bond motifs is 7. The quantitative estimate of drug-likeness (QED) is 0.107. The van der Waals surface area contributed by atoms with Gasteiger partial charge in [0, 0.05) is 22.0 Å². The van der Waals surface area contributed by atoms with Crippen molar-refractivity contribution in [3.05, 3.63) is 23.3 Å². The second-order valence-electron chi connectivity index (χ2n) is 15.5. The van der Waals surface area contributed by atoms with E-state index in [1.807, 2.05) is 6.92 Å². The fourth-order valence-corrected chi connectivity index (χ4v) is 12.3. The molecule has 4 fully saturated rings. The second kappa shape index (κ2) is 11.2. The highest BCUT2D eigenvalue weighted by molar-refractivity contribution is 7.82. The lowest BCUT2D eigenvalue weighted by Gasteiger charge is -2.71. The summed E-state index contributed by atoms with van der Waals surface area (Å²) in [4.78, 5) is 25.6. The van der Waals surface area contributed by atoms with E-state index in [-0.39, 0.29) is 29.1 Å². The Morgan fingerprint density at radius 1 is 0.955 bits per heavy atom. The summed E-state index contributed by atoms with van der Waals surface area (Å²) in [5, 5.41) is 34.5. The van der Waals surface area contributed by atoms with Gasteiger partial charge >= 0.3 is 11.9 Å². The SMILES string of the molecule is C/C=C(/C)C(=O)O[C@H]1[C@H](OC(C)=O)[C@@](C)(S)CC2C3=CCC4[C@@]5(C)CC[C@H](O)[C@@](C)(S)C5CC[C@@]4(C)[C@]3(S)C[C@@H](O)[C@]21CO. The smallest absolute Gasteiger partial charge is 0.333 e. The van der Waals surface area contributed by atoms with Gasteiger partial charge in [0.25, 0.3) is 0 Å². The maximum absolute atomic E-state index is 13.3. The summed E-state index contributed by atoms with van der Waals surface area (Å²) in [5.74, 6) is -1.10. The average molecular weight is 669 g/mol. The number of carbonyl (C=O) groups excluding carboxylic acids is 2. The van der Waals surface area contributed by atoms with Crippen molar-refractivity contribution in [2.75, 3.05) is 6.61 Å². The van der Waals surface area contributed by atoms with Gasteiger partial charge in [-0.05, 0) is 101 Å². The van der Waals surface area contributed by atoms with Crippen LogP contribution in [-0.4, -0.2) is 72.5 Å². The summed E-state index contributed by atoms with van der Waals surface area (Å²) in [7, 11) is 0. The molecule has 10 heteroatoms. The van der Waals surface area contributed by atoms with Gasteiger partial charge in [-0.2, -0.15) is 37.9 Å². The molecule has 4 saturated carbocycles. The molecule has 44 heavy (non-hydrogen) atoms. The molecule has 3 unspecified atom stereocenters. The number of aliphatic hydroxyl groups excluding tert-OH is 3. The summed E-state index contributed by atoms with van der Waals surface area (Å²) in [5.41, 5.74) is -0.275. The van der Waals surface area contributed by atoms with Crippen molar-refractivity contribution in [1.29, 1.82) is 0 Å². The summed E-state index contributed by atoms with van der Waals surface area (Å²) >= 11 is 15.7. The van der Waals surface area contributed by atoms with Gasteiger partial charge < -0.3 is 24.8 Å². The zero-order valence-electron chi connectivity index (χ0n) is 27.2. The number of aliphatic hydroxyl groups is 3. The second-order valence-corrected chi connectivity index (χ2v) is 18.3. The molecule has 0 spiro atoms. The summed E-state index contributed by atoms with van der Waals surface area (Å²) in [6, 6.07) is 0. The van der Waals surface area contributed by atoms with Gasteiger partial charge in [0.15, 0.2) is 12.2 Å². The number of rotatable bonds is 4. The number of allylic oxidation sites excluding steroid dienone is 2. The van der Waals surface area contributed by atoms with Crippen LogP contribution in [0.1, 0.15) is 93.4 Å². The molecule has 0 saturated heterocycles. The Morgan fingerprint density at radius 2 is 1.61 bits per heavy atom. The van der Waals surface area contributed by atoms with E-state index in [0.717, 1.165) is 31.3 Å². The van der Waals surface area contributed by atoms with E-state index in [2.05, 4.69) is 26.8 Å². The zero-order chi connectivity index (χ0) is 32.8. The third kappa shape index (κ3) is 4.65. The van der Waals surface area contributed by atoms with Crippen molar-refractivity contribution in [3.63, 3.8) is 0 Å². The highest BCUT2D eigenvalue weighted by atomic mass is 32.1. The Bertz CT molecular complexity index is 1260. The van der Waals surface area contributed by atoms with Gasteiger partial charge in [-0.1, -0.05) is 31.6 Å². The molecule has 0 aromatic carbocycles. The van der Waals surface area contributed by atoms with E-state index in [0.29, 0.717) is 18.4 Å². The first-order chi connectivity index (χ1) is 20.3. The molecule has 248 valence electrons. The van der Waals surface area contributed by atoms with Gasteiger partial charge in [-0.25, -0.2) is 4.79 Å². The number of hydrogen-bond acceptors (Lipinski definition) is 10. The molecule has 13 atom stereocenters. The molecule has 0 radical (unpaired) electrons. The molecular weight excluding hydrogens is 617 g/mol. The van der Waals surface area contributed by atoms with E-state index >= 15 is 0 Å². The predicted molar refractivity (Wildman–Crippen MR) is 180 cm³/mol. The third-order valence-electron chi connectivity index (χ3n) is 13.4. The number of esters is 2. The maximum Gasteiger partial charge on any atom is 0.333 e. The van der Waals surface area contributed by atoms with Crippen LogP contribution in [-0.2, 0) is 19.1 Å². The molecule has 0 bridgehead atoms. The fraction of sp³-hybridized carbons (Fsp3) is 0.824. The van der Waals surface area contributed by atoms with Crippen LogP contribution in [0.4, 0.5) is 0 Å². The van der Waals surface area contributed by atoms with Gasteiger partial charge in [-0.3, -0.25) is 4.79 Å². The lowest BCUT2D eigenvalue weighted by atomic mass is 9.37. The fourth-order valence-electron chi connectivity index (χ4n) is 10.7. The van der Waals surface area contributed by atoms with Crippen molar-refractivity contribution in [2.24, 2.45) is 34.0 Å². The van der Waals surface area contributed by atoms with Crippen LogP contribution in [0.25, 0.3) is 0 Å². The van der Waals surface area contributed by atoms with Crippen LogP contribution in [0.3, 0.4) is 0 Å². The largest absolute Gasteiger partial charge is 0.457 e. The molecule has 7 nitrogen and oxygen atoms in total. The normalized spacial score (nSPS) is 52.0. The topological polar surface area (TPSA) is 113 Å². The molecule has 0 aromatic heterocycles. The molecule has 3 N–H and O–H groups in total. The average Bonchev–Trinajstić information content (AvgIpc) is 2.92. The van der Waals surface area contributed by atoms with Gasteiger partial charge in [-0.15, -0.1) is 0 Å². The molecule has 5 rings (SSSR count). The first-order valence-corrected chi connectivity index (χ1v) is 17.5. The molecular formula is C34H52O7S3. The molecule has 0 heterocycles. The van der Waals surface area contributed by atoms with E-state index in [1.54, 1.807) is 19.9 Å². The van der Waals surface area contributed by atoms with Crippen molar-refractivity contribution >= 4 is 49.8 Å². The van der Waals surface area contributed by atoms with E-state index < -0.39 is 68.5 Å². The molecule has 5 aliphatic rings. The van der Waals surface area contributed by atoms with Crippen LogP contribution >= 0.6 is 37.9 Å². The van der Waals surface area contributed by atoms with E-state index in [9.17, 15) is 24.9 Å². The molecule has 0 aromatic rings. The maximum atomic E-state index is 13.3. The number of hydrogen-bond donors (Lipinski definition) is 6. The first kappa shape index (κ1) is 34.7. The van der Waals surface area contributed by atoms with Gasteiger partial charge in [0.1, 0.15) is 0 Å². The standard InChI is InChI=1S/C34H52O7S3/c1-8-18(2)28(39)41-27-26(40-19(3)36)31(6,42)15-21-20-9-10-22-29(4)13-12-24(37)32(7,43)23(29)11-14-30(22,5)34(20,44)16-25(38)33(21,27)17-35/h8-9,21-27,35,37-38,42-44H,10-17H2,1-7H3/b18-8-/t21?,22?,23?,24-,25+,26-,27-,29+,30+,31-,32-,33-,34-/m0/s1. The minimum Gasteiger partial charge on any atom is -0.457 e. The molecule has 5 aliphatic carbocycles. The van der Waals surface area contributed by atoms with Crippen molar-refractivity contribution in [2.45, 2.75) is 132 Å². The summed E-state index contributed by atoms with van der Waals surface area (Å²) in [6.45, 7) is 12.8. The number of ether oxygens (including phenoxy) is 2. The van der Waals surface area contributed by atoms with Gasteiger partial charge in [0.2, 0.25) is 0 Å². The van der Waals surface area contributed by atoms with Crippen molar-refractivity contribution in [3.8, 4) is 0 Å². The zero-order valence-corrected chi connectivity index (χ0v) is 29.9. The summed E-state index contributed by atoms with van der Waals surface area (Å²) < 4.78 is 9.84. The Balaban J connectivity index is 1.65. The van der Waals surface area contributed by atoms with Crippen LogP contribution in [0.2, 0.25) is 0 Å². The Kier molecular flexibility index (Phi) is 8.84. The number of carbonyl (C=O) groups is 2. The molecule has 0 aliphatic heterocycles. The van der Waals surface area contributed by atoms with Crippen molar-refractivity contribution in [1.82, 2.24) is 0 Å². The Hall–Kier alpha value is -0.650. The summed E-state index contributed by atoms with van der Waals surface area (Å²) in [6.07, 6.45) is 5.01. The monoisotopic (exact) mass is 668 g/mol. The Labute approximate surface area is 279 Å². The minimum atomic E-state index is -1.33. The number of thiol groups is 3. The molecule has 0 amide bonds.